The molecule has 0 N–H and O–H groups in total. The summed E-state index contributed by atoms with van der Waals surface area (Å²) < 4.78 is 29.0. The van der Waals surface area contributed by atoms with Gasteiger partial charge < -0.3 is 9.80 Å². The number of para-hydroxylation sites is 1. The van der Waals surface area contributed by atoms with Crippen molar-refractivity contribution in [3.05, 3.63) is 41.3 Å². The Labute approximate surface area is 202 Å². The molecule has 1 amide bonds. The lowest BCUT2D eigenvalue weighted by atomic mass is 10.0. The third-order valence-corrected chi connectivity index (χ3v) is 10.8. The lowest BCUT2D eigenvalue weighted by Gasteiger charge is -2.37. The number of amides is 1. The number of hydrogen-bond donors (Lipinski definition) is 0. The van der Waals surface area contributed by atoms with Gasteiger partial charge in [-0.15, -0.1) is 11.3 Å². The molecule has 5 rings (SSSR count). The summed E-state index contributed by atoms with van der Waals surface area (Å²) in [4.78, 5) is 22.3. The summed E-state index contributed by atoms with van der Waals surface area (Å²) in [6.45, 7) is 7.33. The molecule has 1 atom stereocenters. The largest absolute Gasteiger partial charge is 0.345 e. The van der Waals surface area contributed by atoms with E-state index >= 15 is 0 Å². The highest BCUT2D eigenvalue weighted by molar-refractivity contribution is 7.91. The highest BCUT2D eigenvalue weighted by Crippen LogP contribution is 2.34. The molecular formula is C23H28N4O3S3. The van der Waals surface area contributed by atoms with E-state index in [-0.39, 0.29) is 5.91 Å². The standard InChI is InChI=1S/C23H28N4O3S3/c1-16(2)17-6-3-8-19-21(17)24-23(32-19)26-13-11-25(12-14-26)22(28)18-7-4-10-27(18)33(29,30)20-9-5-15-31-20/h3,5-6,8-9,15-16,18H,4,7,10-14H2,1-2H3. The summed E-state index contributed by atoms with van der Waals surface area (Å²) in [6, 6.07) is 9.10. The molecule has 1 unspecified atom stereocenters. The molecule has 0 aliphatic carbocycles. The predicted molar refractivity (Wildman–Crippen MR) is 134 cm³/mol. The van der Waals surface area contributed by atoms with Crippen LogP contribution >= 0.6 is 22.7 Å². The fourth-order valence-corrected chi connectivity index (χ4v) is 8.51. The molecule has 33 heavy (non-hydrogen) atoms. The van der Waals surface area contributed by atoms with Crippen molar-refractivity contribution in [2.75, 3.05) is 37.6 Å². The van der Waals surface area contributed by atoms with Gasteiger partial charge in [0.15, 0.2) is 5.13 Å². The number of piperazine rings is 1. The lowest BCUT2D eigenvalue weighted by molar-refractivity contribution is -0.134. The number of thiophene rings is 1. The average molecular weight is 505 g/mol. The molecule has 7 nitrogen and oxygen atoms in total. The Morgan fingerprint density at radius 3 is 2.58 bits per heavy atom. The van der Waals surface area contributed by atoms with E-state index in [1.807, 2.05) is 4.90 Å². The Hall–Kier alpha value is -2.01. The molecule has 0 spiro atoms. The summed E-state index contributed by atoms with van der Waals surface area (Å²) in [6.07, 6.45) is 1.30. The number of thiazole rings is 1. The van der Waals surface area contributed by atoms with Crippen molar-refractivity contribution in [2.24, 2.45) is 0 Å². The van der Waals surface area contributed by atoms with Crippen molar-refractivity contribution in [1.29, 1.82) is 0 Å². The third-order valence-electron chi connectivity index (χ3n) is 6.47. The quantitative estimate of drug-likeness (QED) is 0.525. The van der Waals surface area contributed by atoms with Gasteiger partial charge in [-0.05, 0) is 41.8 Å². The first-order valence-electron chi connectivity index (χ1n) is 11.3. The van der Waals surface area contributed by atoms with Gasteiger partial charge >= 0.3 is 0 Å². The van der Waals surface area contributed by atoms with Crippen LogP contribution in [0.4, 0.5) is 5.13 Å². The predicted octanol–water partition coefficient (Wildman–Crippen LogP) is 3.98. The third kappa shape index (κ3) is 4.18. The number of carbonyl (C=O) groups is 1. The molecule has 2 aliphatic rings. The highest BCUT2D eigenvalue weighted by atomic mass is 32.2. The molecule has 3 aromatic rings. The van der Waals surface area contributed by atoms with Crippen LogP contribution in [0.15, 0.2) is 39.9 Å². The maximum Gasteiger partial charge on any atom is 0.253 e. The summed E-state index contributed by atoms with van der Waals surface area (Å²) in [5.74, 6) is 0.344. The molecule has 2 aromatic heterocycles. The van der Waals surface area contributed by atoms with Crippen molar-refractivity contribution in [2.45, 2.75) is 42.9 Å². The summed E-state index contributed by atoms with van der Waals surface area (Å²) >= 11 is 2.90. The summed E-state index contributed by atoms with van der Waals surface area (Å²) in [7, 11) is -3.62. The van der Waals surface area contributed by atoms with Crippen molar-refractivity contribution in [3.63, 3.8) is 0 Å². The second-order valence-electron chi connectivity index (χ2n) is 8.86. The van der Waals surface area contributed by atoms with Gasteiger partial charge in [-0.3, -0.25) is 4.79 Å². The van der Waals surface area contributed by atoms with Crippen LogP contribution in [-0.4, -0.2) is 67.3 Å². The lowest BCUT2D eigenvalue weighted by Crippen LogP contribution is -2.54. The number of anilines is 1. The van der Waals surface area contributed by atoms with E-state index in [4.69, 9.17) is 4.98 Å². The highest BCUT2D eigenvalue weighted by Gasteiger charge is 2.42. The van der Waals surface area contributed by atoms with Crippen LogP contribution in [0.1, 0.15) is 38.2 Å². The minimum atomic E-state index is -3.62. The van der Waals surface area contributed by atoms with Crippen LogP contribution in [-0.2, 0) is 14.8 Å². The maximum atomic E-state index is 13.3. The van der Waals surface area contributed by atoms with E-state index in [2.05, 4.69) is 36.9 Å². The molecule has 2 fully saturated rings. The fraction of sp³-hybridized carbons (Fsp3) is 0.478. The summed E-state index contributed by atoms with van der Waals surface area (Å²) in [5.41, 5.74) is 2.34. The molecule has 4 heterocycles. The minimum Gasteiger partial charge on any atom is -0.345 e. The van der Waals surface area contributed by atoms with Gasteiger partial charge in [-0.1, -0.05) is 43.4 Å². The molecule has 176 valence electrons. The Morgan fingerprint density at radius 1 is 1.09 bits per heavy atom. The molecule has 2 aliphatic heterocycles. The number of aromatic nitrogens is 1. The maximum absolute atomic E-state index is 13.3. The van der Waals surface area contributed by atoms with Crippen LogP contribution < -0.4 is 4.90 Å². The first-order valence-corrected chi connectivity index (χ1v) is 14.5. The first kappa shape index (κ1) is 22.8. The first-order chi connectivity index (χ1) is 15.9. The molecule has 2 saturated heterocycles. The molecule has 1 aromatic carbocycles. The van der Waals surface area contributed by atoms with Gasteiger partial charge in [-0.2, -0.15) is 4.31 Å². The zero-order valence-electron chi connectivity index (χ0n) is 18.8. The number of fused-ring (bicyclic) bond motifs is 1. The van der Waals surface area contributed by atoms with E-state index < -0.39 is 16.1 Å². The Morgan fingerprint density at radius 2 is 1.88 bits per heavy atom. The van der Waals surface area contributed by atoms with E-state index in [0.29, 0.717) is 55.7 Å². The number of benzene rings is 1. The molecule has 10 heteroatoms. The van der Waals surface area contributed by atoms with Gasteiger partial charge in [-0.25, -0.2) is 13.4 Å². The number of rotatable bonds is 5. The minimum absolute atomic E-state index is 0.0707. The normalized spacial score (nSPS) is 20.3. The number of nitrogens with zero attached hydrogens (tertiary/aromatic N) is 4. The molecule has 0 saturated carbocycles. The van der Waals surface area contributed by atoms with Crippen LogP contribution in [0.2, 0.25) is 0 Å². The van der Waals surface area contributed by atoms with E-state index in [0.717, 1.165) is 10.6 Å². The number of hydrogen-bond acceptors (Lipinski definition) is 7. The van der Waals surface area contributed by atoms with Gasteiger partial charge in [0.05, 0.1) is 10.2 Å². The van der Waals surface area contributed by atoms with Crippen LogP contribution in [0.3, 0.4) is 0 Å². The van der Waals surface area contributed by atoms with Crippen LogP contribution in [0.5, 0.6) is 0 Å². The average Bonchev–Trinajstić information content (AvgIpc) is 3.58. The van der Waals surface area contributed by atoms with E-state index in [1.165, 1.54) is 25.9 Å². The fourth-order valence-electron chi connectivity index (χ4n) is 4.69. The Kier molecular flexibility index (Phi) is 6.19. The SMILES string of the molecule is CC(C)c1cccc2sc(N3CCN(C(=O)C4CCCN4S(=O)(=O)c4cccs4)CC3)nc12. The summed E-state index contributed by atoms with van der Waals surface area (Å²) in [5, 5.41) is 2.75. The van der Waals surface area contributed by atoms with E-state index in [1.54, 1.807) is 28.8 Å². The van der Waals surface area contributed by atoms with Crippen molar-refractivity contribution in [3.8, 4) is 0 Å². The zero-order valence-corrected chi connectivity index (χ0v) is 21.3. The Bertz CT molecular complexity index is 1250. The monoisotopic (exact) mass is 504 g/mol. The second-order valence-corrected chi connectivity index (χ2v) is 12.9. The zero-order chi connectivity index (χ0) is 23.2. The Balaban J connectivity index is 1.28. The van der Waals surface area contributed by atoms with Crippen LogP contribution in [0.25, 0.3) is 10.2 Å². The molecular weight excluding hydrogens is 476 g/mol. The van der Waals surface area contributed by atoms with Gasteiger partial charge in [0, 0.05) is 32.7 Å². The van der Waals surface area contributed by atoms with Crippen LogP contribution in [0, 0.1) is 0 Å². The second kappa shape index (κ2) is 8.98. The van der Waals surface area contributed by atoms with Crippen molar-refractivity contribution >= 4 is 54.0 Å². The van der Waals surface area contributed by atoms with Crippen molar-refractivity contribution in [1.82, 2.24) is 14.2 Å². The molecule has 0 radical (unpaired) electrons. The van der Waals surface area contributed by atoms with Crippen molar-refractivity contribution < 1.29 is 13.2 Å². The number of carbonyl (C=O) groups excluding carboxylic acids is 1. The van der Waals surface area contributed by atoms with E-state index in [9.17, 15) is 13.2 Å². The number of sulfonamides is 1. The van der Waals surface area contributed by atoms with Gasteiger partial charge in [0.25, 0.3) is 10.0 Å². The smallest absolute Gasteiger partial charge is 0.253 e. The molecule has 0 bridgehead atoms. The topological polar surface area (TPSA) is 73.8 Å². The van der Waals surface area contributed by atoms with Gasteiger partial charge in [0.1, 0.15) is 10.3 Å². The van der Waals surface area contributed by atoms with Gasteiger partial charge in [0.2, 0.25) is 5.91 Å².